The predicted octanol–water partition coefficient (Wildman–Crippen LogP) is 2.50. The summed E-state index contributed by atoms with van der Waals surface area (Å²) in [5, 5.41) is 26.0. The van der Waals surface area contributed by atoms with E-state index in [0.29, 0.717) is 5.75 Å². The van der Waals surface area contributed by atoms with Gasteiger partial charge in [-0.05, 0) is 28.7 Å². The summed E-state index contributed by atoms with van der Waals surface area (Å²) in [6.07, 6.45) is 1.06. The Morgan fingerprint density at radius 3 is 2.48 bits per heavy atom. The normalized spacial score (nSPS) is 11.4. The number of nitro groups is 1. The predicted molar refractivity (Wildman–Crippen MR) is 98.9 cm³/mol. The van der Waals surface area contributed by atoms with Crippen LogP contribution in [0.5, 0.6) is 11.5 Å². The quantitative estimate of drug-likeness (QED) is 0.476. The van der Waals surface area contributed by atoms with Crippen molar-refractivity contribution in [1.82, 2.24) is 5.43 Å². The van der Waals surface area contributed by atoms with Gasteiger partial charge in [0.1, 0.15) is 5.75 Å². The number of hydrogen-bond acceptors (Lipinski definition) is 6. The van der Waals surface area contributed by atoms with Crippen LogP contribution in [-0.2, 0) is 10.2 Å². The first-order valence-electron chi connectivity index (χ1n) is 8.17. The highest BCUT2D eigenvalue weighted by atomic mass is 16.6. The molecule has 1 amide bonds. The number of carbonyl (C=O) groups is 1. The molecule has 2 aromatic carbocycles. The fourth-order valence-corrected chi connectivity index (χ4v) is 2.16. The van der Waals surface area contributed by atoms with Crippen LogP contribution in [0.4, 0.5) is 5.69 Å². The lowest BCUT2D eigenvalue weighted by Crippen LogP contribution is -2.24. The van der Waals surface area contributed by atoms with Gasteiger partial charge in [-0.3, -0.25) is 14.9 Å². The molecule has 2 rings (SSSR count). The molecule has 0 spiro atoms. The summed E-state index contributed by atoms with van der Waals surface area (Å²) >= 11 is 0. The van der Waals surface area contributed by atoms with Gasteiger partial charge in [0.05, 0.1) is 11.1 Å². The molecule has 0 fully saturated rings. The Labute approximate surface area is 156 Å². The highest BCUT2D eigenvalue weighted by Crippen LogP contribution is 2.24. The van der Waals surface area contributed by atoms with Gasteiger partial charge in [0.25, 0.3) is 11.6 Å². The van der Waals surface area contributed by atoms with Gasteiger partial charge < -0.3 is 9.84 Å². The number of rotatable bonds is 6. The summed E-state index contributed by atoms with van der Waals surface area (Å²) in [5.41, 5.74) is 3.15. The molecule has 0 saturated heterocycles. The van der Waals surface area contributed by atoms with Gasteiger partial charge in [-0.15, -0.1) is 0 Å². The fourth-order valence-electron chi connectivity index (χ4n) is 2.16. The van der Waals surface area contributed by atoms with Crippen molar-refractivity contribution in [2.45, 2.75) is 26.2 Å². The second-order valence-electron chi connectivity index (χ2n) is 6.84. The number of carbonyl (C=O) groups excluding carboxylic acids is 1. The molecule has 0 radical (unpaired) electrons. The maximum Gasteiger partial charge on any atom is 0.277 e. The summed E-state index contributed by atoms with van der Waals surface area (Å²) in [4.78, 5) is 21.9. The van der Waals surface area contributed by atoms with Crippen molar-refractivity contribution in [3.63, 3.8) is 0 Å². The highest BCUT2D eigenvalue weighted by Gasteiger charge is 2.13. The van der Waals surface area contributed by atoms with E-state index in [-0.39, 0.29) is 23.3 Å². The standard InChI is InChI=1S/C19H21N3O5/c1-19(2,3)14-4-7-16(8-5-14)27-12-18(24)21-20-11-13-10-15(22(25)26)6-9-17(13)23/h4-11,23H,12H2,1-3H3,(H,21,24)/p-1/b20-11-. The van der Waals surface area contributed by atoms with Crippen molar-refractivity contribution in [3.05, 3.63) is 63.7 Å². The van der Waals surface area contributed by atoms with Gasteiger partial charge >= 0.3 is 0 Å². The van der Waals surface area contributed by atoms with Crippen LogP contribution in [0.15, 0.2) is 47.6 Å². The number of nitro benzene ring substituents is 1. The van der Waals surface area contributed by atoms with E-state index in [1.54, 1.807) is 12.1 Å². The first-order chi connectivity index (χ1) is 12.7. The van der Waals surface area contributed by atoms with E-state index in [2.05, 4.69) is 31.3 Å². The van der Waals surface area contributed by atoms with Gasteiger partial charge in [0.2, 0.25) is 0 Å². The number of nitrogens with zero attached hydrogens (tertiary/aromatic N) is 2. The molecule has 0 atom stereocenters. The second kappa shape index (κ2) is 8.31. The summed E-state index contributed by atoms with van der Waals surface area (Å²) in [6, 6.07) is 10.7. The number of hydrogen-bond donors (Lipinski definition) is 1. The third-order valence-corrected chi connectivity index (χ3v) is 3.69. The molecule has 0 aromatic heterocycles. The van der Waals surface area contributed by atoms with Crippen molar-refractivity contribution in [3.8, 4) is 11.5 Å². The number of amides is 1. The molecule has 8 nitrogen and oxygen atoms in total. The lowest BCUT2D eigenvalue weighted by Gasteiger charge is -2.19. The van der Waals surface area contributed by atoms with Gasteiger partial charge in [-0.25, -0.2) is 5.43 Å². The Bertz CT molecular complexity index is 855. The van der Waals surface area contributed by atoms with Gasteiger partial charge in [0, 0.05) is 12.1 Å². The molecule has 142 valence electrons. The Hall–Kier alpha value is -3.42. The first kappa shape index (κ1) is 19.9. The van der Waals surface area contributed by atoms with Crippen LogP contribution in [0.25, 0.3) is 0 Å². The van der Waals surface area contributed by atoms with Crippen LogP contribution < -0.4 is 15.3 Å². The molecule has 0 aliphatic rings. The summed E-state index contributed by atoms with van der Waals surface area (Å²) in [7, 11) is 0. The van der Waals surface area contributed by atoms with E-state index >= 15 is 0 Å². The van der Waals surface area contributed by atoms with E-state index in [1.165, 1.54) is 0 Å². The Kier molecular flexibility index (Phi) is 6.12. The van der Waals surface area contributed by atoms with E-state index < -0.39 is 16.6 Å². The highest BCUT2D eigenvalue weighted by molar-refractivity contribution is 5.86. The van der Waals surface area contributed by atoms with Crippen LogP contribution in [0.1, 0.15) is 31.9 Å². The van der Waals surface area contributed by atoms with E-state index in [9.17, 15) is 20.0 Å². The SMILES string of the molecule is CC(C)(C)c1ccc(OCC(=O)N/N=C\c2cc([N+](=O)[O-])ccc2[O-])cc1. The van der Waals surface area contributed by atoms with Crippen molar-refractivity contribution >= 4 is 17.8 Å². The van der Waals surface area contributed by atoms with E-state index in [4.69, 9.17) is 4.74 Å². The molecular weight excluding hydrogens is 350 g/mol. The Balaban J connectivity index is 1.88. The third kappa shape index (κ3) is 5.81. The summed E-state index contributed by atoms with van der Waals surface area (Å²) in [6.45, 7) is 6.04. The van der Waals surface area contributed by atoms with Gasteiger partial charge in [-0.1, -0.05) is 44.7 Å². The molecule has 27 heavy (non-hydrogen) atoms. The monoisotopic (exact) mass is 370 g/mol. The maximum absolute atomic E-state index is 11.8. The minimum Gasteiger partial charge on any atom is -0.872 e. The van der Waals surface area contributed by atoms with Crippen LogP contribution in [0, 0.1) is 10.1 Å². The number of nitrogens with one attached hydrogen (secondary N) is 1. The fraction of sp³-hybridized carbons (Fsp3) is 0.263. The van der Waals surface area contributed by atoms with Crippen molar-refractivity contribution in [1.29, 1.82) is 0 Å². The Morgan fingerprint density at radius 2 is 1.89 bits per heavy atom. The van der Waals surface area contributed by atoms with Gasteiger partial charge in [0.15, 0.2) is 6.61 Å². The minimum atomic E-state index is -0.617. The summed E-state index contributed by atoms with van der Waals surface area (Å²) < 4.78 is 5.38. The van der Waals surface area contributed by atoms with Crippen LogP contribution in [-0.4, -0.2) is 23.7 Å². The smallest absolute Gasteiger partial charge is 0.277 e. The Morgan fingerprint density at radius 1 is 1.22 bits per heavy atom. The molecule has 0 aliphatic carbocycles. The molecular formula is C19H20N3O5-. The third-order valence-electron chi connectivity index (χ3n) is 3.69. The zero-order valence-electron chi connectivity index (χ0n) is 15.3. The lowest BCUT2D eigenvalue weighted by atomic mass is 9.87. The number of ether oxygens (including phenoxy) is 1. The molecule has 1 N–H and O–H groups in total. The number of hydrazone groups is 1. The van der Waals surface area contributed by atoms with E-state index in [0.717, 1.165) is 30.0 Å². The van der Waals surface area contributed by atoms with Crippen LogP contribution in [0.2, 0.25) is 0 Å². The van der Waals surface area contributed by atoms with Crippen molar-refractivity contribution in [2.24, 2.45) is 5.10 Å². The molecule has 2 aromatic rings. The molecule has 0 heterocycles. The molecule has 0 bridgehead atoms. The molecule has 0 saturated carbocycles. The van der Waals surface area contributed by atoms with Crippen molar-refractivity contribution in [2.75, 3.05) is 6.61 Å². The number of benzene rings is 2. The molecule has 0 aliphatic heterocycles. The van der Waals surface area contributed by atoms with Crippen LogP contribution >= 0.6 is 0 Å². The summed E-state index contributed by atoms with van der Waals surface area (Å²) in [5.74, 6) is -0.416. The maximum atomic E-state index is 11.8. The number of non-ortho nitro benzene ring substituents is 1. The minimum absolute atomic E-state index is 0.00295. The zero-order chi connectivity index (χ0) is 20.0. The van der Waals surface area contributed by atoms with E-state index in [1.807, 2.05) is 12.1 Å². The second-order valence-corrected chi connectivity index (χ2v) is 6.84. The topological polar surface area (TPSA) is 117 Å². The first-order valence-corrected chi connectivity index (χ1v) is 8.17. The zero-order valence-corrected chi connectivity index (χ0v) is 15.3. The lowest BCUT2D eigenvalue weighted by molar-refractivity contribution is -0.385. The van der Waals surface area contributed by atoms with Gasteiger partial charge in [-0.2, -0.15) is 5.10 Å². The molecule has 8 heteroatoms. The average Bonchev–Trinajstić information content (AvgIpc) is 2.61. The van der Waals surface area contributed by atoms with Crippen molar-refractivity contribution < 1.29 is 19.6 Å². The van der Waals surface area contributed by atoms with Crippen LogP contribution in [0.3, 0.4) is 0 Å². The molecule has 0 unspecified atom stereocenters. The largest absolute Gasteiger partial charge is 0.872 e. The average molecular weight is 370 g/mol.